The lowest BCUT2D eigenvalue weighted by Gasteiger charge is -2.07. The molecule has 0 spiro atoms. The Morgan fingerprint density at radius 3 is 2.76 bits per heavy atom. The number of nitrogens with one attached hydrogen (secondary N) is 2. The average Bonchev–Trinajstić information content (AvgIpc) is 3.00. The molecular weight excluding hydrogens is 342 g/mol. The van der Waals surface area contributed by atoms with Crippen LogP contribution >= 0.6 is 12.2 Å². The summed E-state index contributed by atoms with van der Waals surface area (Å²) in [7, 11) is 0. The number of aromatic nitrogens is 4. The minimum atomic E-state index is -0.394. The van der Waals surface area contributed by atoms with Crippen molar-refractivity contribution in [1.29, 1.82) is 0 Å². The highest BCUT2D eigenvalue weighted by atomic mass is 32.1. The maximum atomic E-state index is 12.2. The number of hydrogen-bond acceptors (Lipinski definition) is 6. The molecule has 1 aromatic carbocycles. The Labute approximate surface area is 147 Å². The van der Waals surface area contributed by atoms with Gasteiger partial charge >= 0.3 is 5.97 Å². The number of imidazole rings is 1. The van der Waals surface area contributed by atoms with Crippen molar-refractivity contribution in [2.24, 2.45) is 0 Å². The van der Waals surface area contributed by atoms with Gasteiger partial charge in [-0.15, -0.1) is 0 Å². The zero-order chi connectivity index (χ0) is 17.8. The minimum Gasteiger partial charge on any atom is -0.462 e. The van der Waals surface area contributed by atoms with E-state index < -0.39 is 5.97 Å². The predicted molar refractivity (Wildman–Crippen MR) is 93.7 cm³/mol. The molecule has 0 aliphatic carbocycles. The quantitative estimate of drug-likeness (QED) is 0.537. The van der Waals surface area contributed by atoms with Crippen LogP contribution in [0, 0.1) is 4.64 Å². The van der Waals surface area contributed by atoms with Gasteiger partial charge in [0.2, 0.25) is 5.91 Å². The number of amides is 1. The van der Waals surface area contributed by atoms with E-state index in [1.165, 1.54) is 12.7 Å². The van der Waals surface area contributed by atoms with E-state index in [9.17, 15) is 9.59 Å². The van der Waals surface area contributed by atoms with Gasteiger partial charge in [0, 0.05) is 5.69 Å². The molecule has 0 fully saturated rings. The van der Waals surface area contributed by atoms with Gasteiger partial charge in [-0.2, -0.15) is 0 Å². The Bertz CT molecular complexity index is 977. The molecular formula is C16H15N5O3S. The van der Waals surface area contributed by atoms with Crippen molar-refractivity contribution in [3.05, 3.63) is 47.1 Å². The number of anilines is 1. The van der Waals surface area contributed by atoms with Gasteiger partial charge < -0.3 is 19.6 Å². The van der Waals surface area contributed by atoms with Crippen LogP contribution in [0.15, 0.2) is 36.9 Å². The molecule has 0 radical (unpaired) electrons. The van der Waals surface area contributed by atoms with Gasteiger partial charge in [-0.3, -0.25) is 4.79 Å². The van der Waals surface area contributed by atoms with E-state index in [-0.39, 0.29) is 12.5 Å². The summed E-state index contributed by atoms with van der Waals surface area (Å²) in [5.74, 6) is -0.631. The van der Waals surface area contributed by atoms with Crippen LogP contribution in [0.5, 0.6) is 0 Å². The van der Waals surface area contributed by atoms with Crippen LogP contribution in [0.1, 0.15) is 17.3 Å². The zero-order valence-corrected chi connectivity index (χ0v) is 14.2. The van der Waals surface area contributed by atoms with Gasteiger partial charge in [0.15, 0.2) is 4.64 Å². The molecule has 9 heteroatoms. The molecule has 0 unspecified atom stereocenters. The molecule has 2 aromatic heterocycles. The number of ether oxygens (including phenoxy) is 1. The van der Waals surface area contributed by atoms with Gasteiger partial charge in [0.1, 0.15) is 17.7 Å². The van der Waals surface area contributed by atoms with E-state index in [0.29, 0.717) is 33.7 Å². The molecule has 128 valence electrons. The van der Waals surface area contributed by atoms with Crippen molar-refractivity contribution in [1.82, 2.24) is 19.5 Å². The molecule has 0 aliphatic heterocycles. The third-order valence-electron chi connectivity index (χ3n) is 3.42. The second-order valence-electron chi connectivity index (χ2n) is 5.12. The minimum absolute atomic E-state index is 0.0609. The number of carbonyl (C=O) groups excluding carboxylic acids is 2. The van der Waals surface area contributed by atoms with Gasteiger partial charge in [-0.1, -0.05) is 12.2 Å². The Morgan fingerprint density at radius 1 is 1.28 bits per heavy atom. The number of rotatable bonds is 5. The monoisotopic (exact) mass is 357 g/mol. The van der Waals surface area contributed by atoms with E-state index in [2.05, 4.69) is 20.3 Å². The fourth-order valence-corrected chi connectivity index (χ4v) is 2.48. The highest BCUT2D eigenvalue weighted by Gasteiger charge is 2.10. The lowest BCUT2D eigenvalue weighted by atomic mass is 10.2. The number of H-pyrrole nitrogens is 1. The number of carbonyl (C=O) groups is 2. The summed E-state index contributed by atoms with van der Waals surface area (Å²) in [6.45, 7) is 2.12. The van der Waals surface area contributed by atoms with Crippen molar-refractivity contribution in [3.63, 3.8) is 0 Å². The normalized spacial score (nSPS) is 10.6. The van der Waals surface area contributed by atoms with Gasteiger partial charge in [-0.05, 0) is 31.2 Å². The van der Waals surface area contributed by atoms with Crippen LogP contribution in [0.3, 0.4) is 0 Å². The Hall–Kier alpha value is -3.07. The first kappa shape index (κ1) is 16.8. The topological polar surface area (TPSA) is 102 Å². The number of fused-ring (bicyclic) bond motifs is 1. The summed E-state index contributed by atoms with van der Waals surface area (Å²) in [5, 5.41) is 2.76. The van der Waals surface area contributed by atoms with E-state index in [0.717, 1.165) is 0 Å². The summed E-state index contributed by atoms with van der Waals surface area (Å²) in [6.07, 6.45) is 3.00. The fourth-order valence-electron chi connectivity index (χ4n) is 2.28. The van der Waals surface area contributed by atoms with Crippen LogP contribution in [0.4, 0.5) is 5.69 Å². The lowest BCUT2D eigenvalue weighted by molar-refractivity contribution is -0.116. The molecule has 2 N–H and O–H groups in total. The third-order valence-corrected chi connectivity index (χ3v) is 3.72. The molecule has 3 rings (SSSR count). The summed E-state index contributed by atoms with van der Waals surface area (Å²) in [6, 6.07) is 6.49. The van der Waals surface area contributed by atoms with Crippen LogP contribution in [0.2, 0.25) is 0 Å². The van der Waals surface area contributed by atoms with Crippen molar-refractivity contribution >= 4 is 40.9 Å². The molecule has 0 bridgehead atoms. The summed E-state index contributed by atoms with van der Waals surface area (Å²) < 4.78 is 6.94. The molecule has 0 saturated carbocycles. The van der Waals surface area contributed by atoms with Crippen LogP contribution < -0.4 is 5.32 Å². The zero-order valence-electron chi connectivity index (χ0n) is 13.4. The first-order valence-corrected chi connectivity index (χ1v) is 7.95. The molecule has 25 heavy (non-hydrogen) atoms. The standard InChI is InChI=1S/C16H15N5O3S/c1-2-24-16(23)10-3-5-11(6-4-10)20-12(22)7-21-9-19-13-14(21)17-8-18-15(13)25/h3-6,8-9H,2,7H2,1H3,(H,20,22)(H,17,18,25). The highest BCUT2D eigenvalue weighted by molar-refractivity contribution is 7.71. The van der Waals surface area contributed by atoms with Crippen molar-refractivity contribution in [3.8, 4) is 0 Å². The van der Waals surface area contributed by atoms with Crippen LogP contribution in [0.25, 0.3) is 11.2 Å². The summed E-state index contributed by atoms with van der Waals surface area (Å²) in [4.78, 5) is 34.9. The maximum Gasteiger partial charge on any atom is 0.338 e. The fraction of sp³-hybridized carbons (Fsp3) is 0.188. The number of nitrogens with zero attached hydrogens (tertiary/aromatic N) is 3. The molecule has 0 saturated heterocycles. The average molecular weight is 357 g/mol. The van der Waals surface area contributed by atoms with Crippen LogP contribution in [-0.4, -0.2) is 38.0 Å². The van der Waals surface area contributed by atoms with Gasteiger partial charge in [-0.25, -0.2) is 14.8 Å². The molecule has 3 aromatic rings. The van der Waals surface area contributed by atoms with Gasteiger partial charge in [0.05, 0.1) is 24.8 Å². The number of esters is 1. The Kier molecular flexibility index (Phi) is 4.85. The Morgan fingerprint density at radius 2 is 2.04 bits per heavy atom. The maximum absolute atomic E-state index is 12.2. The van der Waals surface area contributed by atoms with Crippen LogP contribution in [-0.2, 0) is 16.1 Å². The highest BCUT2D eigenvalue weighted by Crippen LogP contribution is 2.12. The summed E-state index contributed by atoms with van der Waals surface area (Å²) in [5.41, 5.74) is 2.19. The second kappa shape index (κ2) is 7.22. The van der Waals surface area contributed by atoms with Crippen molar-refractivity contribution < 1.29 is 14.3 Å². The van der Waals surface area contributed by atoms with E-state index in [1.54, 1.807) is 35.8 Å². The number of benzene rings is 1. The molecule has 0 atom stereocenters. The largest absolute Gasteiger partial charge is 0.462 e. The van der Waals surface area contributed by atoms with E-state index in [1.807, 2.05) is 0 Å². The first-order chi connectivity index (χ1) is 12.1. The van der Waals surface area contributed by atoms with Crippen molar-refractivity contribution in [2.75, 3.05) is 11.9 Å². The molecule has 8 nitrogen and oxygen atoms in total. The molecule has 0 aliphatic rings. The number of aromatic amines is 1. The third kappa shape index (κ3) is 3.72. The smallest absolute Gasteiger partial charge is 0.338 e. The SMILES string of the molecule is CCOC(=O)c1ccc(NC(=O)Cn2cnc3c(=S)nc[nH]c32)cc1. The van der Waals surface area contributed by atoms with Crippen molar-refractivity contribution in [2.45, 2.75) is 13.5 Å². The Balaban J connectivity index is 1.69. The number of hydrogen-bond donors (Lipinski definition) is 2. The lowest BCUT2D eigenvalue weighted by Crippen LogP contribution is -2.18. The van der Waals surface area contributed by atoms with E-state index in [4.69, 9.17) is 17.0 Å². The molecule has 1 amide bonds. The van der Waals surface area contributed by atoms with E-state index >= 15 is 0 Å². The predicted octanol–water partition coefficient (Wildman–Crippen LogP) is 2.30. The second-order valence-corrected chi connectivity index (χ2v) is 5.51. The van der Waals surface area contributed by atoms with Gasteiger partial charge in [0.25, 0.3) is 0 Å². The molecule has 2 heterocycles. The summed E-state index contributed by atoms with van der Waals surface area (Å²) >= 11 is 5.09. The first-order valence-electron chi connectivity index (χ1n) is 7.54.